The first-order chi connectivity index (χ1) is 16.3. The zero-order valence-corrected chi connectivity index (χ0v) is 17.9. The highest BCUT2D eigenvalue weighted by Crippen LogP contribution is 2.24. The summed E-state index contributed by atoms with van der Waals surface area (Å²) in [5.41, 5.74) is 4.51. The number of anilines is 1. The van der Waals surface area contributed by atoms with Crippen molar-refractivity contribution in [2.75, 3.05) is 31.2 Å². The molecule has 4 heterocycles. The minimum absolute atomic E-state index is 0.241. The van der Waals surface area contributed by atoms with Gasteiger partial charge in [-0.3, -0.25) is 0 Å². The molecule has 33 heavy (non-hydrogen) atoms. The molecule has 1 aliphatic rings. The zero-order valence-electron chi connectivity index (χ0n) is 17.9. The van der Waals surface area contributed by atoms with E-state index in [-0.39, 0.29) is 5.82 Å². The molecule has 0 unspecified atom stereocenters. The van der Waals surface area contributed by atoms with Crippen LogP contribution in [0.3, 0.4) is 0 Å². The molecule has 6 rings (SSSR count). The molecule has 2 aromatic carbocycles. The van der Waals surface area contributed by atoms with E-state index in [9.17, 15) is 4.39 Å². The van der Waals surface area contributed by atoms with Crippen molar-refractivity contribution in [3.05, 3.63) is 78.4 Å². The third-order valence-electron chi connectivity index (χ3n) is 5.99. The SMILES string of the molecule is Fc1ccc(Cn2c(Cn3cnc4c(N5CCOCC5)ncnc43)nc3ccccc32)cc1. The quantitative estimate of drug-likeness (QED) is 0.415. The van der Waals surface area contributed by atoms with Crippen LogP contribution < -0.4 is 4.90 Å². The fraction of sp³-hybridized carbons (Fsp3) is 0.250. The normalized spacial score (nSPS) is 14.4. The van der Waals surface area contributed by atoms with Crippen LogP contribution in [0.2, 0.25) is 0 Å². The van der Waals surface area contributed by atoms with Crippen LogP contribution in [0.15, 0.2) is 61.2 Å². The number of hydrogen-bond acceptors (Lipinski definition) is 6. The Labute approximate surface area is 189 Å². The number of fused-ring (bicyclic) bond motifs is 2. The molecule has 9 heteroatoms. The minimum atomic E-state index is -0.241. The van der Waals surface area contributed by atoms with Gasteiger partial charge in [0.05, 0.1) is 37.1 Å². The molecule has 1 aliphatic heterocycles. The van der Waals surface area contributed by atoms with Crippen molar-refractivity contribution in [2.45, 2.75) is 13.1 Å². The number of halogens is 1. The summed E-state index contributed by atoms with van der Waals surface area (Å²) in [7, 11) is 0. The lowest BCUT2D eigenvalue weighted by Crippen LogP contribution is -2.36. The Bertz CT molecular complexity index is 1420. The number of nitrogens with zero attached hydrogens (tertiary/aromatic N) is 7. The molecule has 0 aliphatic carbocycles. The summed E-state index contributed by atoms with van der Waals surface area (Å²) in [6, 6.07) is 14.6. The van der Waals surface area contributed by atoms with Crippen LogP contribution in [0.4, 0.5) is 10.2 Å². The Morgan fingerprint density at radius 2 is 1.73 bits per heavy atom. The van der Waals surface area contributed by atoms with E-state index in [2.05, 4.69) is 30.5 Å². The van der Waals surface area contributed by atoms with Crippen molar-refractivity contribution in [3.8, 4) is 0 Å². The maximum atomic E-state index is 13.4. The average Bonchev–Trinajstić information content (AvgIpc) is 3.42. The van der Waals surface area contributed by atoms with E-state index in [1.165, 1.54) is 12.1 Å². The van der Waals surface area contributed by atoms with Crippen molar-refractivity contribution in [1.82, 2.24) is 29.1 Å². The summed E-state index contributed by atoms with van der Waals surface area (Å²) >= 11 is 0. The summed E-state index contributed by atoms with van der Waals surface area (Å²) in [5.74, 6) is 1.48. The van der Waals surface area contributed by atoms with Crippen molar-refractivity contribution in [1.29, 1.82) is 0 Å². The minimum Gasteiger partial charge on any atom is -0.378 e. The van der Waals surface area contributed by atoms with E-state index < -0.39 is 0 Å². The third kappa shape index (κ3) is 3.70. The predicted molar refractivity (Wildman–Crippen MR) is 123 cm³/mol. The Hall–Kier alpha value is -3.85. The van der Waals surface area contributed by atoms with E-state index in [0.717, 1.165) is 52.5 Å². The van der Waals surface area contributed by atoms with Gasteiger partial charge in [0.2, 0.25) is 0 Å². The van der Waals surface area contributed by atoms with Crippen LogP contribution in [-0.4, -0.2) is 55.4 Å². The number of hydrogen-bond donors (Lipinski definition) is 0. The number of aromatic nitrogens is 6. The summed E-state index contributed by atoms with van der Waals surface area (Å²) in [6.45, 7) is 4.03. The number of morpholine rings is 1. The van der Waals surface area contributed by atoms with Gasteiger partial charge in [-0.2, -0.15) is 0 Å². The molecule has 5 aromatic rings. The second-order valence-corrected chi connectivity index (χ2v) is 8.07. The van der Waals surface area contributed by atoms with E-state index in [0.29, 0.717) is 26.3 Å². The summed E-state index contributed by atoms with van der Waals surface area (Å²) in [4.78, 5) is 20.7. The number of imidazole rings is 2. The van der Waals surface area contributed by atoms with Crippen LogP contribution in [0.5, 0.6) is 0 Å². The molecule has 3 aromatic heterocycles. The Morgan fingerprint density at radius 1 is 0.909 bits per heavy atom. The monoisotopic (exact) mass is 443 g/mol. The number of para-hydroxylation sites is 2. The highest BCUT2D eigenvalue weighted by Gasteiger charge is 2.19. The van der Waals surface area contributed by atoms with Crippen LogP contribution in [0.1, 0.15) is 11.4 Å². The molecule has 0 N–H and O–H groups in total. The van der Waals surface area contributed by atoms with Gasteiger partial charge in [-0.05, 0) is 29.8 Å². The lowest BCUT2D eigenvalue weighted by Gasteiger charge is -2.27. The van der Waals surface area contributed by atoms with Crippen LogP contribution in [0, 0.1) is 5.82 Å². The van der Waals surface area contributed by atoms with Gasteiger partial charge in [-0.15, -0.1) is 0 Å². The molecule has 0 spiro atoms. The highest BCUT2D eigenvalue weighted by atomic mass is 19.1. The maximum Gasteiger partial charge on any atom is 0.165 e. The van der Waals surface area contributed by atoms with Gasteiger partial charge < -0.3 is 18.8 Å². The van der Waals surface area contributed by atoms with Crippen molar-refractivity contribution in [3.63, 3.8) is 0 Å². The second kappa shape index (κ2) is 8.25. The molecule has 1 saturated heterocycles. The molecule has 1 fully saturated rings. The zero-order chi connectivity index (χ0) is 22.2. The first kappa shape index (κ1) is 19.8. The number of rotatable bonds is 5. The Morgan fingerprint density at radius 3 is 2.58 bits per heavy atom. The van der Waals surface area contributed by atoms with E-state index in [1.807, 2.05) is 34.9 Å². The van der Waals surface area contributed by atoms with E-state index >= 15 is 0 Å². The molecule has 0 radical (unpaired) electrons. The van der Waals surface area contributed by atoms with Crippen molar-refractivity contribution < 1.29 is 9.13 Å². The van der Waals surface area contributed by atoms with E-state index in [4.69, 9.17) is 9.72 Å². The molecule has 166 valence electrons. The molecule has 0 amide bonds. The molecular formula is C24H22FN7O. The molecule has 8 nitrogen and oxygen atoms in total. The largest absolute Gasteiger partial charge is 0.378 e. The third-order valence-corrected chi connectivity index (χ3v) is 5.99. The number of ether oxygens (including phenoxy) is 1. The molecular weight excluding hydrogens is 421 g/mol. The molecule has 0 saturated carbocycles. The second-order valence-electron chi connectivity index (χ2n) is 8.07. The summed E-state index contributed by atoms with van der Waals surface area (Å²) < 4.78 is 23.1. The number of benzene rings is 2. The van der Waals surface area contributed by atoms with E-state index in [1.54, 1.807) is 12.7 Å². The lowest BCUT2D eigenvalue weighted by molar-refractivity contribution is 0.122. The first-order valence-electron chi connectivity index (χ1n) is 10.9. The summed E-state index contributed by atoms with van der Waals surface area (Å²) in [6.07, 6.45) is 3.39. The fourth-order valence-corrected chi connectivity index (χ4v) is 4.34. The average molecular weight is 443 g/mol. The summed E-state index contributed by atoms with van der Waals surface area (Å²) in [5, 5.41) is 0. The van der Waals surface area contributed by atoms with Gasteiger partial charge in [0, 0.05) is 19.6 Å². The fourth-order valence-electron chi connectivity index (χ4n) is 4.34. The van der Waals surface area contributed by atoms with Crippen LogP contribution in [-0.2, 0) is 17.8 Å². The smallest absolute Gasteiger partial charge is 0.165 e. The highest BCUT2D eigenvalue weighted by molar-refractivity contribution is 5.83. The van der Waals surface area contributed by atoms with Gasteiger partial charge in [0.25, 0.3) is 0 Å². The van der Waals surface area contributed by atoms with Gasteiger partial charge >= 0.3 is 0 Å². The van der Waals surface area contributed by atoms with Gasteiger partial charge in [-0.25, -0.2) is 24.3 Å². The van der Waals surface area contributed by atoms with Crippen molar-refractivity contribution in [2.24, 2.45) is 0 Å². The lowest BCUT2D eigenvalue weighted by atomic mass is 10.2. The Balaban J connectivity index is 1.39. The Kier molecular flexibility index (Phi) is 4.95. The van der Waals surface area contributed by atoms with Crippen LogP contribution in [0.25, 0.3) is 22.2 Å². The van der Waals surface area contributed by atoms with Crippen LogP contribution >= 0.6 is 0 Å². The molecule has 0 atom stereocenters. The van der Waals surface area contributed by atoms with Crippen molar-refractivity contribution >= 4 is 28.0 Å². The first-order valence-corrected chi connectivity index (χ1v) is 10.9. The standard InChI is InChI=1S/C24H22FN7O/c25-18-7-5-17(6-8-18)13-32-20-4-2-1-3-19(20)29-21(32)14-31-16-28-22-23(26-15-27-24(22)31)30-9-11-33-12-10-30/h1-8,15-16H,9-14H2. The van der Waals surface area contributed by atoms with Gasteiger partial charge in [0.15, 0.2) is 17.0 Å². The maximum absolute atomic E-state index is 13.4. The molecule has 0 bridgehead atoms. The van der Waals surface area contributed by atoms with Gasteiger partial charge in [0.1, 0.15) is 18.0 Å². The predicted octanol–water partition coefficient (Wildman–Crippen LogP) is 3.25. The van der Waals surface area contributed by atoms with Gasteiger partial charge in [-0.1, -0.05) is 24.3 Å². The topological polar surface area (TPSA) is 73.9 Å².